The Morgan fingerprint density at radius 1 is 0.517 bits per heavy atom. The van der Waals surface area contributed by atoms with Gasteiger partial charge in [-0.05, 0) is 25.7 Å². The SMILES string of the molecule is CC(=O)O.CCCCO.CCCCO.CCCCO.CCCCO.O.O.O.O.O. The van der Waals surface area contributed by atoms with Crippen LogP contribution in [0.4, 0.5) is 0 Å². The smallest absolute Gasteiger partial charge is 0.300 e. The van der Waals surface area contributed by atoms with Crippen molar-refractivity contribution in [1.82, 2.24) is 0 Å². The molecule has 192 valence electrons. The van der Waals surface area contributed by atoms with Crippen LogP contribution in [-0.4, -0.2) is 85.3 Å². The fourth-order valence-corrected chi connectivity index (χ4v) is 0.632. The van der Waals surface area contributed by atoms with E-state index in [2.05, 4.69) is 27.7 Å². The molecule has 0 radical (unpaired) electrons. The summed E-state index contributed by atoms with van der Waals surface area (Å²) in [6.07, 6.45) is 8.15. The van der Waals surface area contributed by atoms with Gasteiger partial charge in [-0.15, -0.1) is 0 Å². The van der Waals surface area contributed by atoms with E-state index < -0.39 is 5.97 Å². The number of rotatable bonds is 8. The van der Waals surface area contributed by atoms with Gasteiger partial charge in [0.05, 0.1) is 0 Å². The molecule has 15 N–H and O–H groups in total. The molecule has 0 amide bonds. The molecule has 0 saturated heterocycles. The van der Waals surface area contributed by atoms with Crippen LogP contribution >= 0.6 is 0 Å². The molecule has 29 heavy (non-hydrogen) atoms. The summed E-state index contributed by atoms with van der Waals surface area (Å²) in [6.45, 7) is 10.7. The molecule has 0 aromatic heterocycles. The molecule has 0 unspecified atom stereocenters. The molecule has 0 aliphatic rings. The van der Waals surface area contributed by atoms with Crippen LogP contribution in [0.5, 0.6) is 0 Å². The summed E-state index contributed by atoms with van der Waals surface area (Å²) in [4.78, 5) is 9.00. The Labute approximate surface area is 177 Å². The van der Waals surface area contributed by atoms with Crippen molar-refractivity contribution < 1.29 is 57.7 Å². The standard InChI is InChI=1S/4C4H10O.C2H4O2.5H2O/c4*1-2-3-4-5;1-2(3)4;;;;;/h4*5H,2-4H2,1H3;1H3,(H,3,4);5*1H2. The van der Waals surface area contributed by atoms with E-state index in [-0.39, 0.29) is 27.4 Å². The maximum absolute atomic E-state index is 9.00. The van der Waals surface area contributed by atoms with Gasteiger partial charge in [0.25, 0.3) is 5.97 Å². The highest BCUT2D eigenvalue weighted by molar-refractivity contribution is 5.62. The number of hydrogen-bond acceptors (Lipinski definition) is 5. The molecular weight excluding hydrogens is 392 g/mol. The molecule has 0 aromatic carbocycles. The molecule has 0 aromatic rings. The zero-order valence-electron chi connectivity index (χ0n) is 19.1. The van der Waals surface area contributed by atoms with E-state index in [4.69, 9.17) is 30.3 Å². The third kappa shape index (κ3) is 338. The second kappa shape index (κ2) is 92.8. The van der Waals surface area contributed by atoms with Gasteiger partial charge < -0.3 is 52.9 Å². The van der Waals surface area contributed by atoms with Gasteiger partial charge in [-0.1, -0.05) is 53.4 Å². The van der Waals surface area contributed by atoms with E-state index in [1.54, 1.807) is 0 Å². The van der Waals surface area contributed by atoms with Crippen LogP contribution in [0.2, 0.25) is 0 Å². The number of carboxylic acid groups (broad SMARTS) is 1. The van der Waals surface area contributed by atoms with Crippen molar-refractivity contribution in [2.45, 2.75) is 86.0 Å². The zero-order chi connectivity index (χ0) is 20.1. The summed E-state index contributed by atoms with van der Waals surface area (Å²) in [5.74, 6) is -0.833. The number of aliphatic hydroxyl groups is 4. The lowest BCUT2D eigenvalue weighted by Gasteiger charge is -1.79. The van der Waals surface area contributed by atoms with Crippen molar-refractivity contribution in [2.75, 3.05) is 26.4 Å². The summed E-state index contributed by atoms with van der Waals surface area (Å²) >= 11 is 0. The molecule has 0 aliphatic heterocycles. The summed E-state index contributed by atoms with van der Waals surface area (Å²) in [7, 11) is 0. The summed E-state index contributed by atoms with van der Waals surface area (Å²) in [5.41, 5.74) is 0. The first-order valence-electron chi connectivity index (χ1n) is 9.02. The van der Waals surface area contributed by atoms with Crippen LogP contribution in [0.3, 0.4) is 0 Å². The number of carboxylic acids is 1. The van der Waals surface area contributed by atoms with Crippen LogP contribution < -0.4 is 0 Å². The molecule has 0 aliphatic carbocycles. The van der Waals surface area contributed by atoms with Gasteiger partial charge in [0.2, 0.25) is 0 Å². The van der Waals surface area contributed by atoms with Crippen LogP contribution in [-0.2, 0) is 4.79 Å². The second-order valence-electron chi connectivity index (χ2n) is 4.83. The minimum Gasteiger partial charge on any atom is -0.481 e. The monoisotopic (exact) mass is 446 g/mol. The predicted octanol–water partition coefficient (Wildman–Crippen LogP) is -0.917. The Bertz CT molecular complexity index is 138. The lowest BCUT2D eigenvalue weighted by molar-refractivity contribution is -0.134. The summed E-state index contributed by atoms with van der Waals surface area (Å²) in [6, 6.07) is 0. The fraction of sp³-hybridized carbons (Fsp3) is 0.944. The van der Waals surface area contributed by atoms with Crippen molar-refractivity contribution in [1.29, 1.82) is 0 Å². The van der Waals surface area contributed by atoms with Gasteiger partial charge in [-0.2, -0.15) is 0 Å². The number of unbranched alkanes of at least 4 members (excludes halogenated alkanes) is 4. The summed E-state index contributed by atoms with van der Waals surface area (Å²) in [5, 5.41) is 39.7. The van der Waals surface area contributed by atoms with Crippen LogP contribution in [0.15, 0.2) is 0 Å². The van der Waals surface area contributed by atoms with Gasteiger partial charge >= 0.3 is 0 Å². The Morgan fingerprint density at radius 3 is 0.621 bits per heavy atom. The number of aliphatic carboxylic acids is 1. The normalized spacial score (nSPS) is 6.66. The van der Waals surface area contributed by atoms with E-state index in [0.717, 1.165) is 58.3 Å². The Kier molecular flexibility index (Phi) is 202. The predicted molar refractivity (Wildman–Crippen MR) is 119 cm³/mol. The number of carbonyl (C=O) groups is 1. The van der Waals surface area contributed by atoms with Crippen molar-refractivity contribution in [3.8, 4) is 0 Å². The highest BCUT2D eigenvalue weighted by atomic mass is 16.4. The zero-order valence-corrected chi connectivity index (χ0v) is 19.1. The third-order valence-electron chi connectivity index (χ3n) is 2.05. The van der Waals surface area contributed by atoms with Gasteiger partial charge in [-0.25, -0.2) is 0 Å². The minimum absolute atomic E-state index is 0. The molecule has 0 atom stereocenters. The topological polar surface area (TPSA) is 276 Å². The highest BCUT2D eigenvalue weighted by Gasteiger charge is 1.70. The highest BCUT2D eigenvalue weighted by Crippen LogP contribution is 1.80. The van der Waals surface area contributed by atoms with E-state index in [1.807, 2.05) is 0 Å². The van der Waals surface area contributed by atoms with Crippen molar-refractivity contribution in [3.05, 3.63) is 0 Å². The van der Waals surface area contributed by atoms with Crippen LogP contribution in [0.1, 0.15) is 86.0 Å². The molecule has 0 rings (SSSR count). The Balaban J connectivity index is -0.0000000187. The van der Waals surface area contributed by atoms with Gasteiger partial charge in [0, 0.05) is 33.4 Å². The van der Waals surface area contributed by atoms with E-state index in [0.29, 0.717) is 26.4 Å². The van der Waals surface area contributed by atoms with E-state index >= 15 is 0 Å². The Hall–Kier alpha value is -0.890. The molecule has 0 heterocycles. The molecule has 0 spiro atoms. The maximum atomic E-state index is 9.00. The van der Waals surface area contributed by atoms with Crippen LogP contribution in [0, 0.1) is 0 Å². The van der Waals surface area contributed by atoms with Gasteiger partial charge in [-0.3, -0.25) is 4.79 Å². The minimum atomic E-state index is -0.833. The van der Waals surface area contributed by atoms with Crippen molar-refractivity contribution >= 4 is 5.97 Å². The maximum Gasteiger partial charge on any atom is 0.300 e. The first-order chi connectivity index (χ1) is 11.4. The fourth-order valence-electron chi connectivity index (χ4n) is 0.632. The number of aliphatic hydroxyl groups excluding tert-OH is 4. The van der Waals surface area contributed by atoms with Crippen molar-refractivity contribution in [2.24, 2.45) is 0 Å². The summed E-state index contributed by atoms with van der Waals surface area (Å²) < 4.78 is 0. The first kappa shape index (κ1) is 63.0. The lowest BCUT2D eigenvalue weighted by atomic mass is 10.4. The van der Waals surface area contributed by atoms with Crippen molar-refractivity contribution in [3.63, 3.8) is 0 Å². The molecule has 0 fully saturated rings. The van der Waals surface area contributed by atoms with Crippen LogP contribution in [0.25, 0.3) is 0 Å². The Morgan fingerprint density at radius 2 is 0.621 bits per heavy atom. The van der Waals surface area contributed by atoms with E-state index in [1.165, 1.54) is 0 Å². The lowest BCUT2D eigenvalue weighted by Crippen LogP contribution is -1.78. The second-order valence-corrected chi connectivity index (χ2v) is 4.83. The molecule has 11 heteroatoms. The third-order valence-corrected chi connectivity index (χ3v) is 2.05. The number of hydrogen-bond donors (Lipinski definition) is 5. The van der Waals surface area contributed by atoms with Gasteiger partial charge in [0.15, 0.2) is 0 Å². The van der Waals surface area contributed by atoms with Gasteiger partial charge in [0.1, 0.15) is 0 Å². The first-order valence-corrected chi connectivity index (χ1v) is 9.02. The average Bonchev–Trinajstić information content (AvgIpc) is 2.52. The molecule has 11 nitrogen and oxygen atoms in total. The molecule has 0 bridgehead atoms. The average molecular weight is 447 g/mol. The molecular formula is C18H54O11. The quantitative estimate of drug-likeness (QED) is 0.314. The molecule has 0 saturated carbocycles. The largest absolute Gasteiger partial charge is 0.481 e. The van der Waals surface area contributed by atoms with E-state index in [9.17, 15) is 0 Å².